The summed E-state index contributed by atoms with van der Waals surface area (Å²) >= 11 is 0. The number of hydrogen-bond acceptors (Lipinski definition) is 3. The predicted octanol–water partition coefficient (Wildman–Crippen LogP) is 2.45. The third-order valence-electron chi connectivity index (χ3n) is 5.42. The molecule has 3 atom stereocenters. The molecule has 1 fully saturated rings. The molecule has 0 radical (unpaired) electrons. The molecule has 1 saturated heterocycles. The number of carbonyl (C=O) groups is 1. The Hall–Kier alpha value is -1.85. The fourth-order valence-electron chi connectivity index (χ4n) is 3.79. The summed E-state index contributed by atoms with van der Waals surface area (Å²) in [6.45, 7) is 4.39. The third-order valence-corrected chi connectivity index (χ3v) is 5.42. The number of rotatable bonds is 5. The lowest BCUT2D eigenvalue weighted by Crippen LogP contribution is -2.49. The van der Waals surface area contributed by atoms with Crippen molar-refractivity contribution >= 4 is 6.03 Å². The SMILES string of the molecule is CC(c1ccccc1)N1CCC(NC(=O)N[C@@H]2C=C[C@H](CO)C2)CC1. The van der Waals surface area contributed by atoms with E-state index < -0.39 is 0 Å². The monoisotopic (exact) mass is 343 g/mol. The van der Waals surface area contributed by atoms with E-state index in [4.69, 9.17) is 5.11 Å². The molecule has 1 aromatic rings. The molecule has 3 N–H and O–H groups in total. The number of nitrogens with one attached hydrogen (secondary N) is 2. The Kier molecular flexibility index (Phi) is 6.10. The van der Waals surface area contributed by atoms with Crippen LogP contribution in [0.3, 0.4) is 0 Å². The van der Waals surface area contributed by atoms with E-state index in [1.54, 1.807) is 0 Å². The van der Waals surface area contributed by atoms with Gasteiger partial charge in [0.25, 0.3) is 0 Å². The molecule has 1 aliphatic heterocycles. The number of carbonyl (C=O) groups excluding carboxylic acids is 1. The van der Waals surface area contributed by atoms with Crippen LogP contribution >= 0.6 is 0 Å². The number of aliphatic hydroxyl groups excluding tert-OH is 1. The molecule has 0 saturated carbocycles. The zero-order valence-electron chi connectivity index (χ0n) is 14.9. The molecule has 1 aliphatic carbocycles. The van der Waals surface area contributed by atoms with E-state index in [0.717, 1.165) is 32.4 Å². The second-order valence-corrected chi connectivity index (χ2v) is 7.18. The highest BCUT2D eigenvalue weighted by Gasteiger charge is 2.25. The van der Waals surface area contributed by atoms with Gasteiger partial charge in [-0.25, -0.2) is 4.79 Å². The van der Waals surface area contributed by atoms with Crippen LogP contribution in [0.4, 0.5) is 4.79 Å². The van der Waals surface area contributed by atoms with Gasteiger partial charge in [-0.3, -0.25) is 4.90 Å². The Labute approximate surface area is 150 Å². The number of hydrogen-bond donors (Lipinski definition) is 3. The molecule has 5 nitrogen and oxygen atoms in total. The van der Waals surface area contributed by atoms with Crippen molar-refractivity contribution in [2.75, 3.05) is 19.7 Å². The van der Waals surface area contributed by atoms with Crippen LogP contribution in [0, 0.1) is 5.92 Å². The van der Waals surface area contributed by atoms with Crippen molar-refractivity contribution in [3.8, 4) is 0 Å². The van der Waals surface area contributed by atoms with Crippen LogP contribution in [0.1, 0.15) is 37.8 Å². The predicted molar refractivity (Wildman–Crippen MR) is 99.2 cm³/mol. The number of benzene rings is 1. The molecule has 0 bridgehead atoms. The van der Waals surface area contributed by atoms with Gasteiger partial charge < -0.3 is 15.7 Å². The minimum atomic E-state index is -0.0946. The summed E-state index contributed by atoms with van der Waals surface area (Å²) in [5, 5.41) is 15.2. The molecule has 2 amide bonds. The lowest BCUT2D eigenvalue weighted by Gasteiger charge is -2.36. The molecular formula is C20H29N3O2. The second kappa shape index (κ2) is 8.50. The van der Waals surface area contributed by atoms with E-state index in [1.807, 2.05) is 18.2 Å². The average molecular weight is 343 g/mol. The van der Waals surface area contributed by atoms with Crippen LogP contribution in [0.2, 0.25) is 0 Å². The molecule has 136 valence electrons. The number of piperidine rings is 1. The summed E-state index contributed by atoms with van der Waals surface area (Å²) in [6.07, 6.45) is 6.70. The normalized spacial score (nSPS) is 25.7. The summed E-state index contributed by atoms with van der Waals surface area (Å²) in [4.78, 5) is 14.7. The van der Waals surface area contributed by atoms with Gasteiger partial charge in [-0.05, 0) is 31.7 Å². The van der Waals surface area contributed by atoms with E-state index in [-0.39, 0.29) is 30.6 Å². The molecule has 25 heavy (non-hydrogen) atoms. The summed E-state index contributed by atoms with van der Waals surface area (Å²) in [7, 11) is 0. The average Bonchev–Trinajstić information content (AvgIpc) is 3.10. The van der Waals surface area contributed by atoms with Crippen molar-refractivity contribution in [1.82, 2.24) is 15.5 Å². The van der Waals surface area contributed by atoms with Crippen LogP contribution in [-0.2, 0) is 0 Å². The Bertz CT molecular complexity index is 582. The first-order valence-electron chi connectivity index (χ1n) is 9.31. The van der Waals surface area contributed by atoms with Gasteiger partial charge in [0.1, 0.15) is 0 Å². The zero-order valence-corrected chi connectivity index (χ0v) is 14.9. The number of urea groups is 1. The topological polar surface area (TPSA) is 64.6 Å². The van der Waals surface area contributed by atoms with Crippen LogP contribution in [0.15, 0.2) is 42.5 Å². The molecule has 0 spiro atoms. The molecule has 5 heteroatoms. The highest BCUT2D eigenvalue weighted by Crippen LogP contribution is 2.24. The van der Waals surface area contributed by atoms with Gasteiger partial charge in [-0.1, -0.05) is 42.5 Å². The van der Waals surface area contributed by atoms with Crippen LogP contribution in [0.5, 0.6) is 0 Å². The van der Waals surface area contributed by atoms with Crippen molar-refractivity contribution in [2.45, 2.75) is 44.3 Å². The highest BCUT2D eigenvalue weighted by atomic mass is 16.3. The second-order valence-electron chi connectivity index (χ2n) is 7.18. The van der Waals surface area contributed by atoms with Crippen LogP contribution in [-0.4, -0.2) is 47.8 Å². The molecule has 3 rings (SSSR count). The highest BCUT2D eigenvalue weighted by molar-refractivity contribution is 5.74. The van der Waals surface area contributed by atoms with E-state index in [9.17, 15) is 4.79 Å². The first-order valence-corrected chi connectivity index (χ1v) is 9.31. The van der Waals surface area contributed by atoms with Crippen molar-refractivity contribution in [3.63, 3.8) is 0 Å². The summed E-state index contributed by atoms with van der Waals surface area (Å²) in [6, 6.07) is 11.2. The van der Waals surface area contributed by atoms with Crippen molar-refractivity contribution in [2.24, 2.45) is 5.92 Å². The van der Waals surface area contributed by atoms with Gasteiger partial charge in [0.05, 0.1) is 0 Å². The van der Waals surface area contributed by atoms with Gasteiger partial charge in [0.15, 0.2) is 0 Å². The maximum absolute atomic E-state index is 12.2. The molecule has 0 aromatic heterocycles. The van der Waals surface area contributed by atoms with Gasteiger partial charge >= 0.3 is 6.03 Å². The van der Waals surface area contributed by atoms with Crippen molar-refractivity contribution < 1.29 is 9.90 Å². The van der Waals surface area contributed by atoms with E-state index >= 15 is 0 Å². The molecular weight excluding hydrogens is 314 g/mol. The fraction of sp³-hybridized carbons (Fsp3) is 0.550. The molecule has 1 heterocycles. The number of likely N-dealkylation sites (tertiary alicyclic amines) is 1. The van der Waals surface area contributed by atoms with E-state index in [2.05, 4.69) is 46.7 Å². The minimum absolute atomic E-state index is 0.0374. The van der Waals surface area contributed by atoms with E-state index in [0.29, 0.717) is 6.04 Å². The lowest BCUT2D eigenvalue weighted by molar-refractivity contribution is 0.152. The maximum Gasteiger partial charge on any atom is 0.315 e. The lowest BCUT2D eigenvalue weighted by atomic mass is 10.0. The van der Waals surface area contributed by atoms with Crippen LogP contribution < -0.4 is 10.6 Å². The van der Waals surface area contributed by atoms with Crippen LogP contribution in [0.25, 0.3) is 0 Å². The number of aliphatic hydroxyl groups is 1. The summed E-state index contributed by atoms with van der Waals surface area (Å²) < 4.78 is 0. The molecule has 1 unspecified atom stereocenters. The quantitative estimate of drug-likeness (QED) is 0.720. The number of nitrogens with zero attached hydrogens (tertiary/aromatic N) is 1. The third kappa shape index (κ3) is 4.83. The zero-order chi connectivity index (χ0) is 17.6. The summed E-state index contributed by atoms with van der Waals surface area (Å²) in [5.41, 5.74) is 1.35. The summed E-state index contributed by atoms with van der Waals surface area (Å²) in [5.74, 6) is 0.174. The van der Waals surface area contributed by atoms with Crippen molar-refractivity contribution in [3.05, 3.63) is 48.0 Å². The van der Waals surface area contributed by atoms with Gasteiger partial charge in [-0.15, -0.1) is 0 Å². The Morgan fingerprint density at radius 3 is 2.56 bits per heavy atom. The first kappa shape index (κ1) is 18.0. The van der Waals surface area contributed by atoms with Gasteiger partial charge in [-0.2, -0.15) is 0 Å². The number of amides is 2. The molecule has 1 aromatic carbocycles. The largest absolute Gasteiger partial charge is 0.396 e. The Balaban J connectivity index is 1.40. The fourth-order valence-corrected chi connectivity index (χ4v) is 3.79. The maximum atomic E-state index is 12.2. The molecule has 2 aliphatic rings. The first-order chi connectivity index (χ1) is 12.2. The Morgan fingerprint density at radius 1 is 1.20 bits per heavy atom. The van der Waals surface area contributed by atoms with E-state index in [1.165, 1.54) is 5.56 Å². The Morgan fingerprint density at radius 2 is 1.92 bits per heavy atom. The van der Waals surface area contributed by atoms with Gasteiger partial charge in [0.2, 0.25) is 0 Å². The van der Waals surface area contributed by atoms with Crippen molar-refractivity contribution in [1.29, 1.82) is 0 Å². The minimum Gasteiger partial charge on any atom is -0.396 e. The standard InChI is InChI=1S/C20H29N3O2/c1-15(17-5-3-2-4-6-17)23-11-9-18(10-12-23)21-20(25)22-19-8-7-16(13-19)14-24/h2-8,15-16,18-19,24H,9-14H2,1H3,(H2,21,22,25)/t15?,16-,19+/m0/s1. The van der Waals surface area contributed by atoms with Gasteiger partial charge in [0, 0.05) is 43.7 Å². The smallest absolute Gasteiger partial charge is 0.315 e.